The first-order valence-electron chi connectivity index (χ1n) is 6.73. The molecule has 0 saturated heterocycles. The number of halogens is 1. The second-order valence-corrected chi connectivity index (χ2v) is 7.42. The lowest BCUT2D eigenvalue weighted by atomic mass is 10.1. The Balaban J connectivity index is 2.26. The molecule has 0 fully saturated rings. The van der Waals surface area contributed by atoms with Crippen LogP contribution in [0.25, 0.3) is 0 Å². The maximum absolute atomic E-state index is 11.8. The molecule has 0 spiro atoms. The van der Waals surface area contributed by atoms with Gasteiger partial charge < -0.3 is 9.64 Å². The van der Waals surface area contributed by atoms with Crippen LogP contribution >= 0.6 is 15.9 Å². The zero-order valence-electron chi connectivity index (χ0n) is 11.7. The van der Waals surface area contributed by atoms with Crippen LogP contribution in [0.1, 0.15) is 13.3 Å². The van der Waals surface area contributed by atoms with Gasteiger partial charge in [0.1, 0.15) is 0 Å². The first-order valence-corrected chi connectivity index (χ1v) is 9.03. The molecule has 5 nitrogen and oxygen atoms in total. The minimum atomic E-state index is -4.26. The fourth-order valence-corrected chi connectivity index (χ4v) is 3.86. The van der Waals surface area contributed by atoms with Crippen molar-refractivity contribution < 1.29 is 17.7 Å². The summed E-state index contributed by atoms with van der Waals surface area (Å²) >= 11 is 3.39. The Bertz CT molecular complexity index is 822. The SMILES string of the molecule is CCC(N1c2ccccc2Oc2ccc(Br)cc21)S(=O)(=O)O. The van der Waals surface area contributed by atoms with E-state index in [4.69, 9.17) is 4.74 Å². The number of benzene rings is 2. The van der Waals surface area contributed by atoms with E-state index in [0.29, 0.717) is 22.9 Å². The van der Waals surface area contributed by atoms with E-state index in [1.807, 2.05) is 12.1 Å². The van der Waals surface area contributed by atoms with E-state index in [1.165, 1.54) is 0 Å². The van der Waals surface area contributed by atoms with Gasteiger partial charge in [0.25, 0.3) is 10.1 Å². The fraction of sp³-hybridized carbons (Fsp3) is 0.200. The molecule has 116 valence electrons. The van der Waals surface area contributed by atoms with Gasteiger partial charge in [0, 0.05) is 4.47 Å². The van der Waals surface area contributed by atoms with Gasteiger partial charge >= 0.3 is 0 Å². The van der Waals surface area contributed by atoms with Crippen molar-refractivity contribution in [1.29, 1.82) is 0 Å². The van der Waals surface area contributed by atoms with E-state index in [1.54, 1.807) is 42.2 Å². The molecule has 0 amide bonds. The highest BCUT2D eigenvalue weighted by Crippen LogP contribution is 2.49. The van der Waals surface area contributed by atoms with Crippen molar-refractivity contribution in [1.82, 2.24) is 0 Å². The van der Waals surface area contributed by atoms with Gasteiger partial charge in [-0.1, -0.05) is 35.0 Å². The summed E-state index contributed by atoms with van der Waals surface area (Å²) in [5.74, 6) is 1.10. The van der Waals surface area contributed by atoms with Crippen LogP contribution in [0.2, 0.25) is 0 Å². The average Bonchev–Trinajstić information content (AvgIpc) is 2.46. The number of para-hydroxylation sites is 2. The molecule has 2 aromatic carbocycles. The van der Waals surface area contributed by atoms with Crippen molar-refractivity contribution in [3.8, 4) is 11.5 Å². The standard InChI is InChI=1S/C15H14BrNO4S/c1-2-15(22(18,19)20)17-11-5-3-4-6-13(11)21-14-8-7-10(16)9-12(14)17/h3-9,15H,2H2,1H3,(H,18,19,20). The molecular formula is C15H14BrNO4S. The van der Waals surface area contributed by atoms with Gasteiger partial charge in [0.2, 0.25) is 0 Å². The van der Waals surface area contributed by atoms with Crippen LogP contribution in [0.15, 0.2) is 46.9 Å². The molecule has 1 aliphatic heterocycles. The zero-order valence-corrected chi connectivity index (χ0v) is 14.1. The van der Waals surface area contributed by atoms with Gasteiger partial charge in [-0.25, -0.2) is 0 Å². The predicted octanol–water partition coefficient (Wildman–Crippen LogP) is 4.32. The molecule has 3 rings (SSSR count). The summed E-state index contributed by atoms with van der Waals surface area (Å²) in [6, 6.07) is 12.5. The first kappa shape index (κ1) is 15.3. The summed E-state index contributed by atoms with van der Waals surface area (Å²) in [6.07, 6.45) is 0.235. The molecular weight excluding hydrogens is 370 g/mol. The van der Waals surface area contributed by atoms with Crippen LogP contribution in [-0.4, -0.2) is 18.3 Å². The van der Waals surface area contributed by atoms with Crippen molar-refractivity contribution in [3.63, 3.8) is 0 Å². The lowest BCUT2D eigenvalue weighted by molar-refractivity contribution is 0.451. The Hall–Kier alpha value is -1.57. The highest BCUT2D eigenvalue weighted by Gasteiger charge is 2.35. The van der Waals surface area contributed by atoms with Gasteiger partial charge in [0.15, 0.2) is 16.9 Å². The van der Waals surface area contributed by atoms with E-state index < -0.39 is 15.5 Å². The highest BCUT2D eigenvalue weighted by atomic mass is 79.9. The molecule has 1 heterocycles. The van der Waals surface area contributed by atoms with E-state index >= 15 is 0 Å². The van der Waals surface area contributed by atoms with Crippen molar-refractivity contribution in [2.24, 2.45) is 0 Å². The average molecular weight is 384 g/mol. The molecule has 7 heteroatoms. The Morgan fingerprint density at radius 2 is 1.86 bits per heavy atom. The fourth-order valence-electron chi connectivity index (χ4n) is 2.59. The highest BCUT2D eigenvalue weighted by molar-refractivity contribution is 9.10. The smallest absolute Gasteiger partial charge is 0.286 e. The van der Waals surface area contributed by atoms with Crippen molar-refractivity contribution in [3.05, 3.63) is 46.9 Å². The summed E-state index contributed by atoms with van der Waals surface area (Å²) in [4.78, 5) is 1.61. The molecule has 1 atom stereocenters. The maximum atomic E-state index is 11.8. The molecule has 22 heavy (non-hydrogen) atoms. The topological polar surface area (TPSA) is 66.8 Å². The van der Waals surface area contributed by atoms with Crippen LogP contribution in [0, 0.1) is 0 Å². The van der Waals surface area contributed by atoms with Crippen LogP contribution in [0.4, 0.5) is 11.4 Å². The lowest BCUT2D eigenvalue weighted by Crippen LogP contribution is -2.38. The number of hydrogen-bond donors (Lipinski definition) is 1. The van der Waals surface area contributed by atoms with Crippen molar-refractivity contribution in [2.75, 3.05) is 4.90 Å². The van der Waals surface area contributed by atoms with Crippen LogP contribution in [-0.2, 0) is 10.1 Å². The molecule has 0 radical (unpaired) electrons. The first-order chi connectivity index (χ1) is 10.4. The van der Waals surface area contributed by atoms with Gasteiger partial charge in [-0.3, -0.25) is 4.55 Å². The van der Waals surface area contributed by atoms with Crippen LogP contribution < -0.4 is 9.64 Å². The summed E-state index contributed by atoms with van der Waals surface area (Å²) in [6.45, 7) is 1.72. The molecule has 0 aliphatic carbocycles. The second-order valence-electron chi connectivity index (χ2n) is 4.93. The predicted molar refractivity (Wildman–Crippen MR) is 88.4 cm³/mol. The van der Waals surface area contributed by atoms with Gasteiger partial charge in [-0.2, -0.15) is 8.42 Å². The number of ether oxygens (including phenoxy) is 1. The van der Waals surface area contributed by atoms with Crippen molar-refractivity contribution >= 4 is 37.4 Å². The third-order valence-corrected chi connectivity index (χ3v) is 5.23. The summed E-state index contributed by atoms with van der Waals surface area (Å²) < 4.78 is 39.9. The molecule has 1 unspecified atom stereocenters. The maximum Gasteiger partial charge on any atom is 0.286 e. The monoisotopic (exact) mass is 383 g/mol. The molecule has 2 aromatic rings. The molecule has 0 saturated carbocycles. The Kier molecular flexibility index (Phi) is 3.88. The minimum absolute atomic E-state index is 0.235. The summed E-state index contributed by atoms with van der Waals surface area (Å²) in [7, 11) is -4.26. The molecule has 1 N–H and O–H groups in total. The summed E-state index contributed by atoms with van der Waals surface area (Å²) in [5, 5.41) is -1.08. The number of rotatable bonds is 3. The minimum Gasteiger partial charge on any atom is -0.453 e. The quantitative estimate of drug-likeness (QED) is 0.799. The third-order valence-electron chi connectivity index (χ3n) is 3.51. The van der Waals surface area contributed by atoms with E-state index in [2.05, 4.69) is 15.9 Å². The number of anilines is 2. The lowest BCUT2D eigenvalue weighted by Gasteiger charge is -2.36. The van der Waals surface area contributed by atoms with E-state index in [0.717, 1.165) is 4.47 Å². The zero-order chi connectivity index (χ0) is 15.9. The molecule has 1 aliphatic rings. The van der Waals surface area contributed by atoms with Crippen molar-refractivity contribution in [2.45, 2.75) is 18.7 Å². The molecule has 0 bridgehead atoms. The van der Waals surface area contributed by atoms with Gasteiger partial charge in [0.05, 0.1) is 11.4 Å². The van der Waals surface area contributed by atoms with E-state index in [9.17, 15) is 13.0 Å². The number of fused-ring (bicyclic) bond motifs is 2. The van der Waals surface area contributed by atoms with Crippen LogP contribution in [0.3, 0.4) is 0 Å². The largest absolute Gasteiger partial charge is 0.453 e. The third kappa shape index (κ3) is 2.60. The number of hydrogen-bond acceptors (Lipinski definition) is 4. The van der Waals surface area contributed by atoms with E-state index in [-0.39, 0.29) is 6.42 Å². The normalized spacial score (nSPS) is 14.8. The molecule has 0 aromatic heterocycles. The Morgan fingerprint density at radius 1 is 1.18 bits per heavy atom. The second kappa shape index (κ2) is 5.57. The Labute approximate surface area is 137 Å². The number of nitrogens with zero attached hydrogens (tertiary/aromatic N) is 1. The van der Waals surface area contributed by atoms with Gasteiger partial charge in [-0.05, 0) is 36.8 Å². The summed E-state index contributed by atoms with van der Waals surface area (Å²) in [5.41, 5.74) is 1.20. The van der Waals surface area contributed by atoms with Gasteiger partial charge in [-0.15, -0.1) is 0 Å². The Morgan fingerprint density at radius 3 is 2.55 bits per heavy atom. The van der Waals surface area contributed by atoms with Crippen LogP contribution in [0.5, 0.6) is 11.5 Å².